The Hall–Kier alpha value is -1.65. The van der Waals surface area contributed by atoms with Gasteiger partial charge in [-0.1, -0.05) is 17.7 Å². The SMILES string of the molecule is O=C1Nc2nccc(Cl)c2C1=Cc1cccs1. The molecule has 3 heterocycles. The summed E-state index contributed by atoms with van der Waals surface area (Å²) in [5, 5.41) is 5.20. The molecule has 1 amide bonds. The van der Waals surface area contributed by atoms with Crippen LogP contribution in [-0.2, 0) is 4.79 Å². The van der Waals surface area contributed by atoms with E-state index < -0.39 is 0 Å². The molecule has 2 aromatic heterocycles. The first-order valence-electron chi connectivity index (χ1n) is 4.97. The molecule has 0 saturated carbocycles. The van der Waals surface area contributed by atoms with Crippen molar-refractivity contribution in [3.05, 3.63) is 45.2 Å². The molecule has 17 heavy (non-hydrogen) atoms. The smallest absolute Gasteiger partial charge is 0.257 e. The van der Waals surface area contributed by atoms with Crippen LogP contribution in [0, 0.1) is 0 Å². The second-order valence-corrected chi connectivity index (χ2v) is 4.93. The van der Waals surface area contributed by atoms with Gasteiger partial charge in [0.05, 0.1) is 10.6 Å². The van der Waals surface area contributed by atoms with E-state index in [1.54, 1.807) is 23.6 Å². The maximum absolute atomic E-state index is 11.8. The number of fused-ring (bicyclic) bond motifs is 1. The summed E-state index contributed by atoms with van der Waals surface area (Å²) in [5.74, 6) is 0.374. The van der Waals surface area contributed by atoms with E-state index in [9.17, 15) is 4.79 Å². The summed E-state index contributed by atoms with van der Waals surface area (Å²) in [7, 11) is 0. The van der Waals surface area contributed by atoms with Crippen molar-refractivity contribution in [1.29, 1.82) is 0 Å². The zero-order chi connectivity index (χ0) is 11.8. The van der Waals surface area contributed by atoms with Gasteiger partial charge in [-0.25, -0.2) is 4.98 Å². The number of rotatable bonds is 1. The van der Waals surface area contributed by atoms with Crippen molar-refractivity contribution < 1.29 is 4.79 Å². The summed E-state index contributed by atoms with van der Waals surface area (Å²) in [5.41, 5.74) is 1.26. The van der Waals surface area contributed by atoms with E-state index in [-0.39, 0.29) is 5.91 Å². The van der Waals surface area contributed by atoms with Crippen LogP contribution >= 0.6 is 22.9 Å². The number of amides is 1. The minimum absolute atomic E-state index is 0.158. The molecular formula is C12H7ClN2OS. The van der Waals surface area contributed by atoms with Crippen LogP contribution in [0.2, 0.25) is 5.02 Å². The highest BCUT2D eigenvalue weighted by molar-refractivity contribution is 7.11. The average molecular weight is 263 g/mol. The number of carbonyl (C=O) groups is 1. The largest absolute Gasteiger partial charge is 0.306 e. The molecular weight excluding hydrogens is 256 g/mol. The van der Waals surface area contributed by atoms with Crippen LogP contribution in [0.1, 0.15) is 10.4 Å². The van der Waals surface area contributed by atoms with Crippen molar-refractivity contribution in [2.75, 3.05) is 5.32 Å². The first-order valence-corrected chi connectivity index (χ1v) is 6.23. The van der Waals surface area contributed by atoms with E-state index in [2.05, 4.69) is 10.3 Å². The first-order chi connectivity index (χ1) is 8.25. The van der Waals surface area contributed by atoms with Crippen LogP contribution in [0.3, 0.4) is 0 Å². The normalized spacial score (nSPS) is 16.1. The lowest BCUT2D eigenvalue weighted by atomic mass is 10.1. The number of halogens is 1. The number of hydrogen-bond donors (Lipinski definition) is 1. The van der Waals surface area contributed by atoms with Gasteiger partial charge in [0.25, 0.3) is 5.91 Å². The zero-order valence-corrected chi connectivity index (χ0v) is 10.2. The second kappa shape index (κ2) is 3.98. The van der Waals surface area contributed by atoms with Gasteiger partial charge >= 0.3 is 0 Å². The van der Waals surface area contributed by atoms with E-state index in [0.29, 0.717) is 22.0 Å². The van der Waals surface area contributed by atoms with Gasteiger partial charge in [0.15, 0.2) is 0 Å². The Morgan fingerprint density at radius 3 is 3.06 bits per heavy atom. The van der Waals surface area contributed by atoms with Crippen molar-refractivity contribution in [3.63, 3.8) is 0 Å². The molecule has 84 valence electrons. The number of pyridine rings is 1. The first kappa shape index (κ1) is 10.5. The average Bonchev–Trinajstić information content (AvgIpc) is 2.89. The molecule has 1 aliphatic heterocycles. The monoisotopic (exact) mass is 262 g/mol. The maximum Gasteiger partial charge on any atom is 0.257 e. The van der Waals surface area contributed by atoms with E-state index >= 15 is 0 Å². The Balaban J connectivity index is 2.17. The molecule has 3 rings (SSSR count). The van der Waals surface area contributed by atoms with Crippen molar-refractivity contribution in [2.45, 2.75) is 0 Å². The number of hydrogen-bond acceptors (Lipinski definition) is 3. The molecule has 5 heteroatoms. The molecule has 0 saturated heterocycles. The maximum atomic E-state index is 11.8. The predicted octanol–water partition coefficient (Wildman–Crippen LogP) is 3.29. The lowest BCUT2D eigenvalue weighted by molar-refractivity contribution is -0.110. The highest BCUT2D eigenvalue weighted by atomic mass is 35.5. The zero-order valence-electron chi connectivity index (χ0n) is 8.61. The Kier molecular flexibility index (Phi) is 2.46. The molecule has 0 aliphatic carbocycles. The summed E-state index contributed by atoms with van der Waals surface area (Å²) in [6, 6.07) is 5.58. The number of nitrogens with one attached hydrogen (secondary N) is 1. The Labute approximate surface area is 107 Å². The fourth-order valence-electron chi connectivity index (χ4n) is 1.73. The van der Waals surface area contributed by atoms with Gasteiger partial charge in [0.2, 0.25) is 0 Å². The van der Waals surface area contributed by atoms with Crippen molar-refractivity contribution in [2.24, 2.45) is 0 Å². The predicted molar refractivity (Wildman–Crippen MR) is 70.1 cm³/mol. The van der Waals surface area contributed by atoms with Gasteiger partial charge in [-0.2, -0.15) is 0 Å². The Morgan fingerprint density at radius 1 is 1.41 bits per heavy atom. The van der Waals surface area contributed by atoms with E-state index in [0.717, 1.165) is 4.88 Å². The molecule has 1 N–H and O–H groups in total. The highest BCUT2D eigenvalue weighted by Crippen LogP contribution is 2.36. The van der Waals surface area contributed by atoms with Crippen molar-refractivity contribution in [1.82, 2.24) is 4.98 Å². The van der Waals surface area contributed by atoms with Gasteiger partial charge in [0.1, 0.15) is 5.82 Å². The summed E-state index contributed by atoms with van der Waals surface area (Å²) >= 11 is 7.67. The summed E-state index contributed by atoms with van der Waals surface area (Å²) in [6.07, 6.45) is 3.41. The number of nitrogens with zero attached hydrogens (tertiary/aromatic N) is 1. The summed E-state index contributed by atoms with van der Waals surface area (Å²) in [6.45, 7) is 0. The molecule has 0 radical (unpaired) electrons. The van der Waals surface area contributed by atoms with Crippen LogP contribution in [0.15, 0.2) is 29.8 Å². The number of carbonyl (C=O) groups excluding carboxylic acids is 1. The van der Waals surface area contributed by atoms with E-state index in [4.69, 9.17) is 11.6 Å². The Morgan fingerprint density at radius 2 is 2.29 bits per heavy atom. The third kappa shape index (κ3) is 1.75. The topological polar surface area (TPSA) is 42.0 Å². The van der Waals surface area contributed by atoms with E-state index in [1.807, 2.05) is 23.6 Å². The fraction of sp³-hybridized carbons (Fsp3) is 0. The molecule has 0 bridgehead atoms. The number of anilines is 1. The minimum atomic E-state index is -0.158. The van der Waals surface area contributed by atoms with Gasteiger partial charge in [-0.15, -0.1) is 11.3 Å². The van der Waals surface area contributed by atoms with Gasteiger partial charge in [-0.3, -0.25) is 4.79 Å². The van der Waals surface area contributed by atoms with Crippen LogP contribution in [0.5, 0.6) is 0 Å². The van der Waals surface area contributed by atoms with E-state index in [1.165, 1.54) is 0 Å². The van der Waals surface area contributed by atoms with Gasteiger partial charge < -0.3 is 5.32 Å². The fourth-order valence-corrected chi connectivity index (χ4v) is 2.64. The van der Waals surface area contributed by atoms with Gasteiger partial charge in [-0.05, 0) is 23.6 Å². The number of aromatic nitrogens is 1. The quantitative estimate of drug-likeness (QED) is 0.802. The lowest BCUT2D eigenvalue weighted by Gasteiger charge is -1.99. The third-order valence-electron chi connectivity index (χ3n) is 2.48. The second-order valence-electron chi connectivity index (χ2n) is 3.54. The lowest BCUT2D eigenvalue weighted by Crippen LogP contribution is -2.03. The van der Waals surface area contributed by atoms with Crippen LogP contribution in [0.25, 0.3) is 11.6 Å². The molecule has 0 unspecified atom stereocenters. The molecule has 0 spiro atoms. The van der Waals surface area contributed by atoms with Crippen LogP contribution in [0.4, 0.5) is 5.82 Å². The van der Waals surface area contributed by atoms with Crippen molar-refractivity contribution in [3.8, 4) is 0 Å². The third-order valence-corrected chi connectivity index (χ3v) is 3.61. The highest BCUT2D eigenvalue weighted by Gasteiger charge is 2.27. The summed E-state index contributed by atoms with van der Waals surface area (Å²) in [4.78, 5) is 16.9. The molecule has 1 aliphatic rings. The molecule has 0 aromatic carbocycles. The van der Waals surface area contributed by atoms with Crippen LogP contribution in [-0.4, -0.2) is 10.9 Å². The molecule has 2 aromatic rings. The molecule has 3 nitrogen and oxygen atoms in total. The standard InChI is InChI=1S/C12H7ClN2OS/c13-9-3-4-14-11-10(9)8(12(16)15-11)6-7-2-1-5-17-7/h1-6H,(H,14,15,16). The molecule has 0 atom stereocenters. The van der Waals surface area contributed by atoms with Crippen LogP contribution < -0.4 is 5.32 Å². The Bertz CT molecular complexity index is 619. The van der Waals surface area contributed by atoms with Crippen molar-refractivity contribution >= 4 is 46.3 Å². The van der Waals surface area contributed by atoms with Gasteiger partial charge in [0, 0.05) is 16.6 Å². The molecule has 0 fully saturated rings. The summed E-state index contributed by atoms with van der Waals surface area (Å²) < 4.78 is 0. The number of thiophene rings is 1. The minimum Gasteiger partial charge on any atom is -0.306 e.